The molecule has 0 saturated carbocycles. The Kier molecular flexibility index (Phi) is 6.19. The van der Waals surface area contributed by atoms with Gasteiger partial charge in [0.2, 0.25) is 0 Å². The number of nitrogens with zero attached hydrogens (tertiary/aromatic N) is 4. The minimum Gasteiger partial charge on any atom is -0.263 e. The van der Waals surface area contributed by atoms with Gasteiger partial charge in [-0.25, -0.2) is 4.68 Å². The van der Waals surface area contributed by atoms with E-state index in [0.717, 1.165) is 23.9 Å². The van der Waals surface area contributed by atoms with Crippen molar-refractivity contribution in [1.82, 2.24) is 15.0 Å². The highest BCUT2D eigenvalue weighted by atomic mass is 31.2. The fourth-order valence-electron chi connectivity index (χ4n) is 4.37. The number of hydrogen-bond acceptors (Lipinski definition) is 3. The highest BCUT2D eigenvalue weighted by Crippen LogP contribution is 2.49. The molecule has 164 valence electrons. The summed E-state index contributed by atoms with van der Waals surface area (Å²) < 4.78 is 7.79. The molecule has 5 heteroatoms. The third-order valence-electron chi connectivity index (χ3n) is 5.90. The van der Waals surface area contributed by atoms with E-state index in [-0.39, 0.29) is 6.17 Å². The average Bonchev–Trinajstić information content (AvgIpc) is 3.32. The number of fused-ring (bicyclic) bond motifs is 1. The third kappa shape index (κ3) is 4.03. The zero-order valence-corrected chi connectivity index (χ0v) is 19.6. The molecule has 0 aliphatic carbocycles. The van der Waals surface area contributed by atoms with Crippen molar-refractivity contribution in [3.8, 4) is 0 Å². The van der Waals surface area contributed by atoms with Crippen LogP contribution in [0.2, 0.25) is 0 Å². The second kappa shape index (κ2) is 9.56. The topological polar surface area (TPSA) is 43.1 Å². The molecule has 0 aliphatic rings. The molecule has 4 aromatic carbocycles. The van der Waals surface area contributed by atoms with Crippen molar-refractivity contribution in [1.29, 1.82) is 0 Å². The number of rotatable bonds is 7. The fraction of sp³-hybridized carbons (Fsp3) is 0.143. The van der Waals surface area contributed by atoms with Gasteiger partial charge in [-0.05, 0) is 18.6 Å². The Balaban J connectivity index is 1.86. The molecule has 1 atom stereocenters. The van der Waals surface area contributed by atoms with E-state index in [1.165, 1.54) is 15.9 Å². The van der Waals surface area contributed by atoms with Crippen LogP contribution in [0.4, 0.5) is 0 Å². The second-order valence-electron chi connectivity index (χ2n) is 8.05. The van der Waals surface area contributed by atoms with E-state index in [2.05, 4.69) is 114 Å². The first-order valence-electron chi connectivity index (χ1n) is 11.4. The lowest BCUT2D eigenvalue weighted by molar-refractivity contribution is 0.442. The first kappa shape index (κ1) is 21.4. The summed E-state index contributed by atoms with van der Waals surface area (Å²) in [5, 5.41) is 12.7. The van der Waals surface area contributed by atoms with Crippen LogP contribution in [-0.2, 0) is 0 Å². The second-order valence-corrected chi connectivity index (χ2v) is 11.1. The van der Waals surface area contributed by atoms with Gasteiger partial charge in [-0.1, -0.05) is 122 Å². The SMILES string of the molecule is CCCC(N=P(c1ccccc1)(c1ccccc1)c1ccccc1)n1nnc2ccccc21. The lowest BCUT2D eigenvalue weighted by Gasteiger charge is -2.29. The van der Waals surface area contributed by atoms with Gasteiger partial charge >= 0.3 is 0 Å². The highest BCUT2D eigenvalue weighted by Gasteiger charge is 2.29. The summed E-state index contributed by atoms with van der Waals surface area (Å²) in [6.45, 7) is 2.20. The summed E-state index contributed by atoms with van der Waals surface area (Å²) in [5.74, 6) is 0. The van der Waals surface area contributed by atoms with Gasteiger partial charge in [0.15, 0.2) is 0 Å². The van der Waals surface area contributed by atoms with Crippen LogP contribution < -0.4 is 15.9 Å². The molecule has 1 heterocycles. The third-order valence-corrected chi connectivity index (χ3v) is 9.65. The van der Waals surface area contributed by atoms with E-state index in [4.69, 9.17) is 4.74 Å². The molecule has 1 aromatic heterocycles. The van der Waals surface area contributed by atoms with Crippen LogP contribution in [0.5, 0.6) is 0 Å². The minimum absolute atomic E-state index is 0.128. The maximum Gasteiger partial charge on any atom is 0.143 e. The predicted octanol–water partition coefficient (Wildman–Crippen LogP) is 5.91. The Hall–Kier alpha value is -3.49. The molecule has 0 bridgehead atoms. The van der Waals surface area contributed by atoms with E-state index in [1.54, 1.807) is 0 Å². The van der Waals surface area contributed by atoms with E-state index in [1.807, 2.05) is 22.9 Å². The average molecular weight is 451 g/mol. The minimum atomic E-state index is -2.32. The molecule has 4 nitrogen and oxygen atoms in total. The molecule has 0 spiro atoms. The van der Waals surface area contributed by atoms with Crippen molar-refractivity contribution in [2.75, 3.05) is 0 Å². The molecule has 0 saturated heterocycles. The van der Waals surface area contributed by atoms with Gasteiger partial charge in [0.05, 0.1) is 12.6 Å². The predicted molar refractivity (Wildman–Crippen MR) is 139 cm³/mol. The molecule has 5 rings (SSSR count). The lowest BCUT2D eigenvalue weighted by atomic mass is 10.2. The summed E-state index contributed by atoms with van der Waals surface area (Å²) in [4.78, 5) is 0. The maximum atomic E-state index is 5.77. The van der Waals surface area contributed by atoms with E-state index in [9.17, 15) is 0 Å². The van der Waals surface area contributed by atoms with Crippen molar-refractivity contribution in [2.45, 2.75) is 25.9 Å². The standard InChI is InChI=1S/C28H27N4P/c1-2-14-28(32-27-22-13-12-21-26(27)29-31-32)30-33(23-15-6-3-7-16-23,24-17-8-4-9-18-24)25-19-10-5-11-20-25/h3-13,15-22,28H,2,14H2,1H3. The lowest BCUT2D eigenvalue weighted by Crippen LogP contribution is -2.26. The van der Waals surface area contributed by atoms with Crippen LogP contribution >= 0.6 is 7.05 Å². The molecule has 0 N–H and O–H groups in total. The smallest absolute Gasteiger partial charge is 0.143 e. The zero-order chi connectivity index (χ0) is 22.5. The molecule has 5 aromatic rings. The molecule has 0 aliphatic heterocycles. The molecular formula is C28H27N4P. The van der Waals surface area contributed by atoms with Crippen molar-refractivity contribution < 1.29 is 0 Å². The van der Waals surface area contributed by atoms with Crippen LogP contribution in [0, 0.1) is 0 Å². The summed E-state index contributed by atoms with van der Waals surface area (Å²) in [6.07, 6.45) is 1.76. The van der Waals surface area contributed by atoms with Crippen molar-refractivity contribution in [2.24, 2.45) is 4.74 Å². The monoisotopic (exact) mass is 450 g/mol. The highest BCUT2D eigenvalue weighted by molar-refractivity contribution is 7.87. The summed E-state index contributed by atoms with van der Waals surface area (Å²) in [5.41, 5.74) is 1.92. The van der Waals surface area contributed by atoms with E-state index < -0.39 is 7.05 Å². The summed E-state index contributed by atoms with van der Waals surface area (Å²) in [6, 6.07) is 40.4. The fourth-order valence-corrected chi connectivity index (χ4v) is 8.09. The number of hydrogen-bond donors (Lipinski definition) is 0. The summed E-state index contributed by atoms with van der Waals surface area (Å²) >= 11 is 0. The Morgan fingerprint density at radius 1 is 0.697 bits per heavy atom. The van der Waals surface area contributed by atoms with Crippen molar-refractivity contribution in [3.63, 3.8) is 0 Å². The van der Waals surface area contributed by atoms with Crippen LogP contribution in [-0.4, -0.2) is 15.0 Å². The largest absolute Gasteiger partial charge is 0.263 e. The Bertz CT molecular complexity index is 1280. The quantitative estimate of drug-likeness (QED) is 0.290. The van der Waals surface area contributed by atoms with Gasteiger partial charge in [-0.15, -0.1) is 5.10 Å². The van der Waals surface area contributed by atoms with Gasteiger partial charge in [0, 0.05) is 15.9 Å². The number of aromatic nitrogens is 3. The first-order chi connectivity index (χ1) is 16.3. The Morgan fingerprint density at radius 3 is 1.70 bits per heavy atom. The number of para-hydroxylation sites is 1. The van der Waals surface area contributed by atoms with Crippen LogP contribution in [0.15, 0.2) is 120 Å². The van der Waals surface area contributed by atoms with Gasteiger partial charge < -0.3 is 0 Å². The maximum absolute atomic E-state index is 5.77. The van der Waals surface area contributed by atoms with Crippen LogP contribution in [0.25, 0.3) is 11.0 Å². The molecular weight excluding hydrogens is 423 g/mol. The Labute approximate surface area is 195 Å². The molecule has 1 unspecified atom stereocenters. The van der Waals surface area contributed by atoms with Gasteiger partial charge in [0.25, 0.3) is 0 Å². The molecule has 0 fully saturated rings. The first-order valence-corrected chi connectivity index (χ1v) is 13.2. The van der Waals surface area contributed by atoms with Crippen LogP contribution in [0.3, 0.4) is 0 Å². The zero-order valence-electron chi connectivity index (χ0n) is 18.7. The van der Waals surface area contributed by atoms with Gasteiger partial charge in [-0.2, -0.15) is 0 Å². The van der Waals surface area contributed by atoms with Crippen LogP contribution in [0.1, 0.15) is 25.9 Å². The normalized spacial score (nSPS) is 12.5. The molecule has 0 amide bonds. The van der Waals surface area contributed by atoms with Crippen molar-refractivity contribution >= 4 is 34.0 Å². The molecule has 0 radical (unpaired) electrons. The number of benzene rings is 4. The van der Waals surface area contributed by atoms with Gasteiger partial charge in [-0.3, -0.25) is 4.74 Å². The summed E-state index contributed by atoms with van der Waals surface area (Å²) in [7, 11) is -2.32. The van der Waals surface area contributed by atoms with E-state index in [0.29, 0.717) is 0 Å². The Morgan fingerprint density at radius 2 is 1.18 bits per heavy atom. The van der Waals surface area contributed by atoms with E-state index >= 15 is 0 Å². The van der Waals surface area contributed by atoms with Gasteiger partial charge in [0.1, 0.15) is 11.7 Å². The van der Waals surface area contributed by atoms with Crippen molar-refractivity contribution in [3.05, 3.63) is 115 Å². The molecule has 33 heavy (non-hydrogen) atoms.